The summed E-state index contributed by atoms with van der Waals surface area (Å²) in [6.07, 6.45) is 0.767. The molecule has 172 valence electrons. The Morgan fingerprint density at radius 1 is 1.09 bits per heavy atom. The van der Waals surface area contributed by atoms with E-state index in [0.29, 0.717) is 55.0 Å². The number of hydrogen-bond acceptors (Lipinski definition) is 9. The van der Waals surface area contributed by atoms with E-state index in [1.807, 2.05) is 0 Å². The van der Waals surface area contributed by atoms with Gasteiger partial charge in [-0.25, -0.2) is 13.2 Å². The van der Waals surface area contributed by atoms with Crippen LogP contribution in [0.1, 0.15) is 16.1 Å². The Hall–Kier alpha value is -2.28. The van der Waals surface area contributed by atoms with Crippen LogP contribution in [-0.2, 0) is 19.6 Å². The van der Waals surface area contributed by atoms with Crippen molar-refractivity contribution in [3.63, 3.8) is 0 Å². The van der Waals surface area contributed by atoms with Crippen LogP contribution in [0.4, 0.5) is 5.69 Å². The zero-order chi connectivity index (χ0) is 22.6. The molecule has 9 nitrogen and oxygen atoms in total. The third-order valence-electron chi connectivity index (χ3n) is 4.77. The van der Waals surface area contributed by atoms with Crippen LogP contribution in [0.25, 0.3) is 0 Å². The smallest absolute Gasteiger partial charge is 0.350 e. The molecule has 1 N–H and O–H groups in total. The minimum atomic E-state index is -3.79. The lowest BCUT2D eigenvalue weighted by Gasteiger charge is -2.25. The fourth-order valence-corrected chi connectivity index (χ4v) is 7.07. The molecule has 1 fully saturated rings. The van der Waals surface area contributed by atoms with Crippen molar-refractivity contribution in [1.29, 1.82) is 0 Å². The van der Waals surface area contributed by atoms with E-state index < -0.39 is 28.5 Å². The molecule has 2 aliphatic heterocycles. The van der Waals surface area contributed by atoms with Crippen LogP contribution in [0.15, 0.2) is 34.5 Å². The van der Waals surface area contributed by atoms with Gasteiger partial charge in [0.25, 0.3) is 5.91 Å². The van der Waals surface area contributed by atoms with Gasteiger partial charge in [0.05, 0.1) is 13.2 Å². The number of benzene rings is 1. The van der Waals surface area contributed by atoms with Gasteiger partial charge >= 0.3 is 5.97 Å². The van der Waals surface area contributed by atoms with E-state index in [2.05, 4.69) is 5.32 Å². The average molecular weight is 499 g/mol. The van der Waals surface area contributed by atoms with Gasteiger partial charge in [0.15, 0.2) is 18.1 Å². The van der Waals surface area contributed by atoms with E-state index in [1.54, 1.807) is 30.0 Å². The fourth-order valence-electron chi connectivity index (χ4n) is 3.21. The molecule has 0 atom stereocenters. The van der Waals surface area contributed by atoms with Crippen molar-refractivity contribution in [2.45, 2.75) is 11.3 Å². The number of fused-ring (bicyclic) bond motifs is 1. The summed E-state index contributed by atoms with van der Waals surface area (Å²) in [4.78, 5) is 24.7. The van der Waals surface area contributed by atoms with Gasteiger partial charge in [0, 0.05) is 42.8 Å². The number of carbonyl (C=O) groups excluding carboxylic acids is 2. The highest BCUT2D eigenvalue weighted by molar-refractivity contribution is 7.99. The van der Waals surface area contributed by atoms with Gasteiger partial charge in [0.1, 0.15) is 9.77 Å². The topological polar surface area (TPSA) is 111 Å². The molecule has 0 spiro atoms. The number of thiophene rings is 1. The summed E-state index contributed by atoms with van der Waals surface area (Å²) in [5.41, 5.74) is 0.470. The fraction of sp³-hybridized carbons (Fsp3) is 0.400. The van der Waals surface area contributed by atoms with E-state index in [9.17, 15) is 18.0 Å². The van der Waals surface area contributed by atoms with Gasteiger partial charge in [-0.05, 0) is 23.6 Å². The molecule has 0 aliphatic carbocycles. The number of nitrogens with one attached hydrogen (secondary N) is 1. The van der Waals surface area contributed by atoms with Crippen LogP contribution < -0.4 is 14.8 Å². The van der Waals surface area contributed by atoms with Crippen molar-refractivity contribution in [2.24, 2.45) is 0 Å². The van der Waals surface area contributed by atoms with Gasteiger partial charge in [-0.2, -0.15) is 16.1 Å². The number of hydrogen-bond donors (Lipinski definition) is 1. The number of nitrogens with zero attached hydrogens (tertiary/aromatic N) is 1. The first-order valence-electron chi connectivity index (χ1n) is 9.97. The maximum atomic E-state index is 12.9. The minimum absolute atomic E-state index is 0.0355. The molecule has 2 aliphatic rings. The molecule has 12 heteroatoms. The molecule has 1 aromatic heterocycles. The third kappa shape index (κ3) is 5.20. The number of thioether (sulfide) groups is 1. The summed E-state index contributed by atoms with van der Waals surface area (Å²) in [5, 5.41) is 4.16. The van der Waals surface area contributed by atoms with Crippen LogP contribution in [0.3, 0.4) is 0 Å². The van der Waals surface area contributed by atoms with Crippen molar-refractivity contribution in [3.05, 3.63) is 34.5 Å². The van der Waals surface area contributed by atoms with Crippen LogP contribution >= 0.6 is 23.1 Å². The van der Waals surface area contributed by atoms with Crippen LogP contribution in [0.5, 0.6) is 11.5 Å². The molecule has 3 heterocycles. The molecule has 2 aromatic rings. The molecule has 0 saturated carbocycles. The lowest BCUT2D eigenvalue weighted by molar-refractivity contribution is -0.119. The molecule has 1 saturated heterocycles. The zero-order valence-corrected chi connectivity index (χ0v) is 19.5. The highest BCUT2D eigenvalue weighted by atomic mass is 32.2. The van der Waals surface area contributed by atoms with E-state index in [4.69, 9.17) is 14.2 Å². The first kappa shape index (κ1) is 22.9. The summed E-state index contributed by atoms with van der Waals surface area (Å²) < 4.78 is 43.4. The van der Waals surface area contributed by atoms with Gasteiger partial charge in [-0.3, -0.25) is 4.79 Å². The van der Waals surface area contributed by atoms with Crippen molar-refractivity contribution < 1.29 is 32.2 Å². The molecule has 0 radical (unpaired) electrons. The highest BCUT2D eigenvalue weighted by Crippen LogP contribution is 2.32. The maximum Gasteiger partial charge on any atom is 0.350 e. The number of sulfonamides is 1. The van der Waals surface area contributed by atoms with Crippen LogP contribution in [-0.4, -0.2) is 69.0 Å². The maximum absolute atomic E-state index is 12.9. The normalized spacial score (nSPS) is 16.8. The second-order valence-electron chi connectivity index (χ2n) is 6.97. The Labute approximate surface area is 194 Å². The third-order valence-corrected chi connectivity index (χ3v) is 8.68. The van der Waals surface area contributed by atoms with Crippen molar-refractivity contribution in [3.8, 4) is 11.5 Å². The number of ether oxygens (including phenoxy) is 3. The van der Waals surface area contributed by atoms with Crippen LogP contribution in [0, 0.1) is 0 Å². The van der Waals surface area contributed by atoms with E-state index in [-0.39, 0.29) is 9.77 Å². The molecule has 1 amide bonds. The Kier molecular flexibility index (Phi) is 7.23. The van der Waals surface area contributed by atoms with Crippen molar-refractivity contribution in [1.82, 2.24) is 4.31 Å². The minimum Gasteiger partial charge on any atom is -0.490 e. The lowest BCUT2D eigenvalue weighted by atomic mass is 10.2. The van der Waals surface area contributed by atoms with Gasteiger partial charge in [0.2, 0.25) is 10.0 Å². The van der Waals surface area contributed by atoms with E-state index >= 15 is 0 Å². The molecular weight excluding hydrogens is 476 g/mol. The van der Waals surface area contributed by atoms with Crippen molar-refractivity contribution in [2.75, 3.05) is 49.7 Å². The van der Waals surface area contributed by atoms with Crippen molar-refractivity contribution >= 4 is 50.7 Å². The zero-order valence-electron chi connectivity index (χ0n) is 17.1. The van der Waals surface area contributed by atoms with Crippen LogP contribution in [0.2, 0.25) is 0 Å². The molecule has 4 rings (SSSR count). The number of rotatable bonds is 6. The quantitative estimate of drug-likeness (QED) is 0.605. The Morgan fingerprint density at radius 3 is 2.62 bits per heavy atom. The van der Waals surface area contributed by atoms with E-state index in [0.717, 1.165) is 17.8 Å². The van der Waals surface area contributed by atoms with Gasteiger partial charge in [-0.15, -0.1) is 11.3 Å². The summed E-state index contributed by atoms with van der Waals surface area (Å²) in [5.74, 6) is 1.15. The Morgan fingerprint density at radius 2 is 1.84 bits per heavy atom. The second-order valence-corrected chi connectivity index (χ2v) is 11.0. The summed E-state index contributed by atoms with van der Waals surface area (Å²) in [6.45, 7) is 1.33. The first-order chi connectivity index (χ1) is 15.4. The standard InChI is InChI=1S/C20H22N2O7S3/c23-18(21-14-2-3-15-16(12-14)28-8-1-7-27-15)13-29-20(24)19-17(4-9-31-19)32(25,26)22-5-10-30-11-6-22/h2-4,9,12H,1,5-8,10-11,13H2,(H,21,23). The summed E-state index contributed by atoms with van der Waals surface area (Å²) >= 11 is 2.66. The lowest BCUT2D eigenvalue weighted by Crippen LogP contribution is -2.38. The average Bonchev–Trinajstić information content (AvgIpc) is 3.19. The SMILES string of the molecule is O=C(COC(=O)c1sccc1S(=O)(=O)N1CCSCC1)Nc1ccc2c(c1)OCCCO2. The molecule has 32 heavy (non-hydrogen) atoms. The first-order valence-corrected chi connectivity index (χ1v) is 13.4. The molecule has 1 aromatic carbocycles. The number of amides is 1. The largest absolute Gasteiger partial charge is 0.490 e. The Bertz CT molecular complexity index is 1090. The van der Waals surface area contributed by atoms with Gasteiger partial charge in [-0.1, -0.05) is 0 Å². The number of anilines is 1. The second kappa shape index (κ2) is 10.1. The van der Waals surface area contributed by atoms with Gasteiger partial charge < -0.3 is 19.5 Å². The molecule has 0 unspecified atom stereocenters. The Balaban J connectivity index is 1.37. The highest BCUT2D eigenvalue weighted by Gasteiger charge is 2.31. The predicted octanol–water partition coefficient (Wildman–Crippen LogP) is 2.44. The number of esters is 1. The predicted molar refractivity (Wildman–Crippen MR) is 121 cm³/mol. The molecular formula is C20H22N2O7S3. The molecule has 0 bridgehead atoms. The summed E-state index contributed by atoms with van der Waals surface area (Å²) in [7, 11) is -3.79. The van der Waals surface area contributed by atoms with E-state index in [1.165, 1.54) is 15.8 Å². The summed E-state index contributed by atoms with van der Waals surface area (Å²) in [6, 6.07) is 6.40. The number of carbonyl (C=O) groups is 2. The monoisotopic (exact) mass is 498 g/mol.